The summed E-state index contributed by atoms with van der Waals surface area (Å²) in [6.07, 6.45) is -4.73. The van der Waals surface area contributed by atoms with Gasteiger partial charge in [0.05, 0.1) is 17.2 Å². The number of nitrogen functional groups attached to an aromatic ring is 1. The SMILES string of the molecule is [B]c1cc(C#N)c(C(F)(F)F)c([B])c1N. The zero-order chi connectivity index (χ0) is 11.8. The van der Waals surface area contributed by atoms with Crippen LogP contribution in [0.4, 0.5) is 18.9 Å². The van der Waals surface area contributed by atoms with Crippen molar-refractivity contribution >= 4 is 32.3 Å². The first-order valence-electron chi connectivity index (χ1n) is 3.73. The Balaban J connectivity index is 3.65. The summed E-state index contributed by atoms with van der Waals surface area (Å²) in [5.74, 6) is 0. The van der Waals surface area contributed by atoms with Gasteiger partial charge in [-0.15, -0.1) is 0 Å². The molecule has 7 heteroatoms. The molecular formula is C8H3B2F3N2. The van der Waals surface area contributed by atoms with Gasteiger partial charge in [-0.05, 0) is 6.07 Å². The number of alkyl halides is 3. The standard InChI is InChI=1S/C8H3B2F3N2/c9-4-1-3(2-14)5(8(11,12)13)6(10)7(4)15/h1H,15H2. The zero-order valence-corrected chi connectivity index (χ0v) is 7.39. The lowest BCUT2D eigenvalue weighted by Gasteiger charge is -2.16. The Morgan fingerprint density at radius 1 is 1.33 bits per heavy atom. The highest BCUT2D eigenvalue weighted by atomic mass is 19.4. The van der Waals surface area contributed by atoms with Crippen molar-refractivity contribution in [2.24, 2.45) is 0 Å². The van der Waals surface area contributed by atoms with E-state index in [1.807, 2.05) is 0 Å². The maximum absolute atomic E-state index is 12.5. The molecule has 0 unspecified atom stereocenters. The Labute approximate surface area is 86.7 Å². The van der Waals surface area contributed by atoms with E-state index in [1.54, 1.807) is 0 Å². The summed E-state index contributed by atoms with van der Waals surface area (Å²) in [5, 5.41) is 8.52. The molecule has 0 bridgehead atoms. The van der Waals surface area contributed by atoms with Gasteiger partial charge >= 0.3 is 6.18 Å². The fourth-order valence-corrected chi connectivity index (χ4v) is 1.13. The number of benzene rings is 1. The second kappa shape index (κ2) is 3.54. The Kier molecular flexibility index (Phi) is 2.71. The van der Waals surface area contributed by atoms with Crippen LogP contribution in [0.2, 0.25) is 0 Å². The van der Waals surface area contributed by atoms with E-state index in [2.05, 4.69) is 0 Å². The molecule has 72 valence electrons. The Hall–Kier alpha value is -1.57. The first-order valence-corrected chi connectivity index (χ1v) is 3.73. The highest BCUT2D eigenvalue weighted by Gasteiger charge is 2.36. The van der Waals surface area contributed by atoms with Gasteiger partial charge in [-0.25, -0.2) is 0 Å². The van der Waals surface area contributed by atoms with Crippen LogP contribution in [0.25, 0.3) is 0 Å². The molecule has 4 radical (unpaired) electrons. The number of nitriles is 1. The van der Waals surface area contributed by atoms with Gasteiger partial charge in [-0.1, -0.05) is 10.9 Å². The van der Waals surface area contributed by atoms with E-state index in [1.165, 1.54) is 6.07 Å². The first kappa shape index (κ1) is 11.5. The lowest BCUT2D eigenvalue weighted by Crippen LogP contribution is -2.30. The molecule has 1 aromatic carbocycles. The van der Waals surface area contributed by atoms with Gasteiger partial charge < -0.3 is 5.73 Å². The third-order valence-corrected chi connectivity index (χ3v) is 1.84. The summed E-state index contributed by atoms with van der Waals surface area (Å²) in [6, 6.07) is 2.23. The van der Waals surface area contributed by atoms with Crippen LogP contribution in [0, 0.1) is 11.3 Å². The molecule has 0 saturated carbocycles. The lowest BCUT2D eigenvalue weighted by molar-refractivity contribution is -0.136. The number of hydrogen-bond donors (Lipinski definition) is 1. The molecule has 0 fully saturated rings. The molecule has 0 aliphatic rings. The minimum absolute atomic E-state index is 0.142. The topological polar surface area (TPSA) is 49.8 Å². The largest absolute Gasteiger partial charge is 0.417 e. The fourth-order valence-electron chi connectivity index (χ4n) is 1.13. The summed E-state index contributed by atoms with van der Waals surface area (Å²) in [4.78, 5) is 0. The molecule has 0 saturated heterocycles. The molecule has 0 aromatic heterocycles. The predicted octanol–water partition coefficient (Wildman–Crippen LogP) is -0.253. The minimum atomic E-state index is -4.73. The maximum Gasteiger partial charge on any atom is 0.417 e. The van der Waals surface area contributed by atoms with Crippen LogP contribution in [-0.4, -0.2) is 15.7 Å². The first-order chi connectivity index (χ1) is 6.79. The van der Waals surface area contributed by atoms with Gasteiger partial charge in [-0.2, -0.15) is 18.4 Å². The highest BCUT2D eigenvalue weighted by molar-refractivity contribution is 6.44. The van der Waals surface area contributed by atoms with E-state index in [4.69, 9.17) is 26.7 Å². The summed E-state index contributed by atoms with van der Waals surface area (Å²) in [5.41, 5.74) is 2.16. The van der Waals surface area contributed by atoms with Crippen LogP contribution in [-0.2, 0) is 6.18 Å². The van der Waals surface area contributed by atoms with Crippen molar-refractivity contribution in [3.05, 3.63) is 17.2 Å². The van der Waals surface area contributed by atoms with Gasteiger partial charge in [0.1, 0.15) is 15.7 Å². The molecule has 0 spiro atoms. The van der Waals surface area contributed by atoms with E-state index in [0.29, 0.717) is 0 Å². The smallest absolute Gasteiger partial charge is 0.400 e. The summed E-state index contributed by atoms with van der Waals surface area (Å²) < 4.78 is 37.4. The third-order valence-electron chi connectivity index (χ3n) is 1.84. The summed E-state index contributed by atoms with van der Waals surface area (Å²) in [6.45, 7) is 0. The number of nitrogens with zero attached hydrogens (tertiary/aromatic N) is 1. The number of anilines is 1. The molecule has 0 aliphatic heterocycles. The van der Waals surface area contributed by atoms with Gasteiger partial charge in [0, 0.05) is 5.69 Å². The molecule has 0 atom stereocenters. The van der Waals surface area contributed by atoms with Gasteiger partial charge in [0.25, 0.3) is 0 Å². The average Bonchev–Trinajstić information content (AvgIpc) is 2.11. The molecule has 0 heterocycles. The number of hydrogen-bond acceptors (Lipinski definition) is 2. The van der Waals surface area contributed by atoms with E-state index >= 15 is 0 Å². The van der Waals surface area contributed by atoms with Crippen LogP contribution in [0.3, 0.4) is 0 Å². The van der Waals surface area contributed by atoms with Crippen molar-refractivity contribution in [2.75, 3.05) is 5.73 Å². The van der Waals surface area contributed by atoms with Crippen LogP contribution >= 0.6 is 0 Å². The second-order valence-corrected chi connectivity index (χ2v) is 2.83. The van der Waals surface area contributed by atoms with Crippen molar-refractivity contribution in [1.82, 2.24) is 0 Å². The molecule has 15 heavy (non-hydrogen) atoms. The predicted molar refractivity (Wildman–Crippen MR) is 51.3 cm³/mol. The van der Waals surface area contributed by atoms with E-state index in [-0.39, 0.29) is 11.2 Å². The van der Waals surface area contributed by atoms with Gasteiger partial charge in [0.15, 0.2) is 0 Å². The van der Waals surface area contributed by atoms with Crippen molar-refractivity contribution in [1.29, 1.82) is 5.26 Å². The molecule has 0 amide bonds. The van der Waals surface area contributed by atoms with Gasteiger partial charge in [-0.3, -0.25) is 0 Å². The molecular weight excluding hydrogens is 203 g/mol. The highest BCUT2D eigenvalue weighted by Crippen LogP contribution is 2.30. The molecule has 1 aromatic rings. The third kappa shape index (κ3) is 1.94. The molecule has 0 aliphatic carbocycles. The number of nitrogens with two attached hydrogens (primary N) is 1. The maximum atomic E-state index is 12.5. The van der Waals surface area contributed by atoms with Crippen molar-refractivity contribution < 1.29 is 13.2 Å². The van der Waals surface area contributed by atoms with Crippen LogP contribution in [0.15, 0.2) is 6.07 Å². The van der Waals surface area contributed by atoms with E-state index in [0.717, 1.165) is 6.07 Å². The normalized spacial score (nSPS) is 11.1. The number of rotatable bonds is 0. The Morgan fingerprint density at radius 3 is 2.27 bits per heavy atom. The van der Waals surface area contributed by atoms with E-state index in [9.17, 15) is 13.2 Å². The van der Waals surface area contributed by atoms with Gasteiger partial charge in [0.2, 0.25) is 0 Å². The lowest BCUT2D eigenvalue weighted by atomic mass is 9.79. The quantitative estimate of drug-likeness (QED) is 0.469. The number of halogens is 3. The summed E-state index contributed by atoms with van der Waals surface area (Å²) >= 11 is 0. The van der Waals surface area contributed by atoms with Crippen LogP contribution in [0.5, 0.6) is 0 Å². The average molecular weight is 206 g/mol. The molecule has 1 rings (SSSR count). The Bertz CT molecular complexity index is 449. The summed E-state index contributed by atoms with van der Waals surface area (Å²) in [7, 11) is 10.5. The van der Waals surface area contributed by atoms with Crippen molar-refractivity contribution in [3.8, 4) is 6.07 Å². The van der Waals surface area contributed by atoms with Crippen LogP contribution < -0.4 is 16.7 Å². The molecule has 2 nitrogen and oxygen atoms in total. The monoisotopic (exact) mass is 206 g/mol. The Morgan fingerprint density at radius 2 is 1.87 bits per heavy atom. The molecule has 2 N–H and O–H groups in total. The van der Waals surface area contributed by atoms with Crippen molar-refractivity contribution in [2.45, 2.75) is 6.18 Å². The van der Waals surface area contributed by atoms with Crippen LogP contribution in [0.1, 0.15) is 11.1 Å². The fraction of sp³-hybridized carbons (Fsp3) is 0.125. The zero-order valence-electron chi connectivity index (χ0n) is 7.39. The minimum Gasteiger partial charge on any atom is -0.400 e. The van der Waals surface area contributed by atoms with Crippen molar-refractivity contribution in [3.63, 3.8) is 0 Å². The van der Waals surface area contributed by atoms with E-state index < -0.39 is 22.8 Å². The second-order valence-electron chi connectivity index (χ2n) is 2.83.